The molecule has 4 rings (SSSR count). The molecule has 2 atom stereocenters. The Kier molecular flexibility index (Phi) is 5.23. The Labute approximate surface area is 163 Å². The molecule has 1 saturated carbocycles. The fraction of sp³-hybridized carbons (Fsp3) is 0.429. The van der Waals surface area contributed by atoms with Crippen molar-refractivity contribution < 1.29 is 4.79 Å². The fourth-order valence-corrected chi connectivity index (χ4v) is 3.90. The van der Waals surface area contributed by atoms with E-state index in [9.17, 15) is 9.59 Å². The van der Waals surface area contributed by atoms with Crippen LogP contribution >= 0.6 is 0 Å². The maximum Gasteiger partial charge on any atom is 0.264 e. The smallest absolute Gasteiger partial charge is 0.264 e. The van der Waals surface area contributed by atoms with Crippen LogP contribution < -0.4 is 10.9 Å². The molecule has 0 saturated heterocycles. The predicted molar refractivity (Wildman–Crippen MR) is 107 cm³/mol. The van der Waals surface area contributed by atoms with Crippen LogP contribution in [0.4, 0.5) is 0 Å². The summed E-state index contributed by atoms with van der Waals surface area (Å²) in [6.45, 7) is 2.50. The molecular weight excluding hydrogens is 354 g/mol. The lowest BCUT2D eigenvalue weighted by Crippen LogP contribution is -2.41. The summed E-state index contributed by atoms with van der Waals surface area (Å²) in [5, 5.41) is 7.89. The van der Waals surface area contributed by atoms with Gasteiger partial charge in [-0.25, -0.2) is 9.67 Å². The van der Waals surface area contributed by atoms with Crippen LogP contribution in [-0.2, 0) is 11.3 Å². The van der Waals surface area contributed by atoms with Gasteiger partial charge in [0, 0.05) is 19.0 Å². The minimum absolute atomic E-state index is 0.00859. The molecular formula is C21H25N5O2. The maximum atomic E-state index is 12.8. The van der Waals surface area contributed by atoms with Gasteiger partial charge in [0.05, 0.1) is 18.2 Å². The van der Waals surface area contributed by atoms with Crippen molar-refractivity contribution in [2.24, 2.45) is 5.92 Å². The van der Waals surface area contributed by atoms with Crippen molar-refractivity contribution in [3.63, 3.8) is 0 Å². The van der Waals surface area contributed by atoms with E-state index in [1.54, 1.807) is 4.68 Å². The Morgan fingerprint density at radius 1 is 1.21 bits per heavy atom. The molecule has 2 unspecified atom stereocenters. The summed E-state index contributed by atoms with van der Waals surface area (Å²) in [5.41, 5.74) is 1.20. The van der Waals surface area contributed by atoms with E-state index in [0.717, 1.165) is 18.5 Å². The molecule has 1 aliphatic carbocycles. The Bertz CT molecular complexity index is 1020. The highest BCUT2D eigenvalue weighted by Gasteiger charge is 2.22. The molecule has 1 aromatic carbocycles. The number of amides is 1. The van der Waals surface area contributed by atoms with Crippen molar-refractivity contribution in [1.29, 1.82) is 0 Å². The summed E-state index contributed by atoms with van der Waals surface area (Å²) in [6, 6.07) is 9.83. The number of benzene rings is 1. The zero-order valence-corrected chi connectivity index (χ0v) is 16.0. The van der Waals surface area contributed by atoms with E-state index in [4.69, 9.17) is 0 Å². The van der Waals surface area contributed by atoms with Gasteiger partial charge in [-0.3, -0.25) is 14.2 Å². The van der Waals surface area contributed by atoms with Gasteiger partial charge < -0.3 is 5.32 Å². The highest BCUT2D eigenvalue weighted by molar-refractivity contribution is 5.76. The Morgan fingerprint density at radius 3 is 2.79 bits per heavy atom. The molecule has 0 bridgehead atoms. The normalized spacial score (nSPS) is 19.6. The van der Waals surface area contributed by atoms with Crippen molar-refractivity contribution in [1.82, 2.24) is 24.6 Å². The van der Waals surface area contributed by atoms with Crippen LogP contribution in [0.15, 0.2) is 47.7 Å². The van der Waals surface area contributed by atoms with Gasteiger partial charge in [0.1, 0.15) is 5.39 Å². The number of fused-ring (bicyclic) bond motifs is 1. The first-order chi connectivity index (χ1) is 13.6. The lowest BCUT2D eigenvalue weighted by molar-refractivity contribution is -0.122. The number of hydrogen-bond donors (Lipinski definition) is 1. The summed E-state index contributed by atoms with van der Waals surface area (Å²) < 4.78 is 3.14. The van der Waals surface area contributed by atoms with Gasteiger partial charge in [-0.1, -0.05) is 38.0 Å². The van der Waals surface area contributed by atoms with Gasteiger partial charge in [-0.2, -0.15) is 5.10 Å². The van der Waals surface area contributed by atoms with E-state index in [1.807, 2.05) is 30.3 Å². The van der Waals surface area contributed by atoms with E-state index < -0.39 is 0 Å². The molecule has 28 heavy (non-hydrogen) atoms. The van der Waals surface area contributed by atoms with Gasteiger partial charge in [0.25, 0.3) is 5.56 Å². The molecule has 1 amide bonds. The molecule has 3 aromatic rings. The molecule has 1 aliphatic rings. The Morgan fingerprint density at radius 2 is 2.00 bits per heavy atom. The highest BCUT2D eigenvalue weighted by Crippen LogP contribution is 2.23. The van der Waals surface area contributed by atoms with E-state index in [1.165, 1.54) is 29.9 Å². The second-order valence-corrected chi connectivity index (χ2v) is 7.56. The van der Waals surface area contributed by atoms with Crippen LogP contribution in [-0.4, -0.2) is 31.3 Å². The van der Waals surface area contributed by atoms with Crippen molar-refractivity contribution in [3.8, 4) is 5.69 Å². The number of rotatable bonds is 5. The van der Waals surface area contributed by atoms with E-state index in [0.29, 0.717) is 23.5 Å². The quantitative estimate of drug-likeness (QED) is 0.739. The first kappa shape index (κ1) is 18.4. The average Bonchev–Trinajstić information content (AvgIpc) is 3.15. The number of carbonyl (C=O) groups excluding carboxylic acids is 1. The molecule has 0 spiro atoms. The molecule has 1 fully saturated rings. The second kappa shape index (κ2) is 7.96. The molecule has 2 aromatic heterocycles. The lowest BCUT2D eigenvalue weighted by atomic mass is 9.86. The summed E-state index contributed by atoms with van der Waals surface area (Å²) in [4.78, 5) is 29.5. The number of aromatic nitrogens is 4. The third kappa shape index (κ3) is 3.69. The first-order valence-electron chi connectivity index (χ1n) is 9.91. The molecule has 2 heterocycles. The lowest BCUT2D eigenvalue weighted by Gasteiger charge is -2.29. The summed E-state index contributed by atoms with van der Waals surface area (Å²) in [5.74, 6) is 0.507. The van der Waals surface area contributed by atoms with Crippen LogP contribution in [0, 0.1) is 5.92 Å². The van der Waals surface area contributed by atoms with Crippen molar-refractivity contribution >= 4 is 16.9 Å². The average molecular weight is 379 g/mol. The first-order valence-corrected chi connectivity index (χ1v) is 9.91. The van der Waals surface area contributed by atoms with Crippen molar-refractivity contribution in [2.75, 3.05) is 0 Å². The molecule has 146 valence electrons. The molecule has 7 heteroatoms. The number of carbonyl (C=O) groups is 1. The van der Waals surface area contributed by atoms with Crippen molar-refractivity contribution in [2.45, 2.75) is 51.6 Å². The van der Waals surface area contributed by atoms with Crippen LogP contribution in [0.25, 0.3) is 16.7 Å². The van der Waals surface area contributed by atoms with Crippen LogP contribution in [0.1, 0.15) is 39.0 Å². The number of nitrogens with zero attached hydrogens (tertiary/aromatic N) is 4. The largest absolute Gasteiger partial charge is 0.353 e. The molecule has 0 radical (unpaired) electrons. The van der Waals surface area contributed by atoms with Crippen molar-refractivity contribution in [3.05, 3.63) is 53.2 Å². The standard InChI is InChI=1S/C21H25N5O2/c1-15-7-5-6-10-18(15)24-19(27)11-12-25-14-22-20-17(21(25)28)13-23-26(20)16-8-3-2-4-9-16/h2-4,8-9,13-15,18H,5-7,10-12H2,1H3,(H,24,27). The molecule has 7 nitrogen and oxygen atoms in total. The number of aryl methyl sites for hydroxylation is 1. The van der Waals surface area contributed by atoms with Crippen LogP contribution in [0.3, 0.4) is 0 Å². The predicted octanol–water partition coefficient (Wildman–Crippen LogP) is 2.67. The summed E-state index contributed by atoms with van der Waals surface area (Å²) in [6.07, 6.45) is 7.92. The topological polar surface area (TPSA) is 81.8 Å². The van der Waals surface area contributed by atoms with Gasteiger partial charge in [-0.05, 0) is 30.9 Å². The Hall–Kier alpha value is -2.96. The van der Waals surface area contributed by atoms with Crippen LogP contribution in [0.5, 0.6) is 0 Å². The maximum absolute atomic E-state index is 12.8. The third-order valence-corrected chi connectivity index (χ3v) is 5.59. The van der Waals surface area contributed by atoms with Gasteiger partial charge in [-0.15, -0.1) is 0 Å². The third-order valence-electron chi connectivity index (χ3n) is 5.59. The van der Waals surface area contributed by atoms with E-state index in [-0.39, 0.29) is 23.9 Å². The summed E-state index contributed by atoms with van der Waals surface area (Å²) in [7, 11) is 0. The van der Waals surface area contributed by atoms with E-state index >= 15 is 0 Å². The Balaban J connectivity index is 1.47. The van der Waals surface area contributed by atoms with E-state index in [2.05, 4.69) is 22.3 Å². The number of hydrogen-bond acceptors (Lipinski definition) is 4. The minimum Gasteiger partial charge on any atom is -0.353 e. The summed E-state index contributed by atoms with van der Waals surface area (Å²) >= 11 is 0. The molecule has 1 N–H and O–H groups in total. The van der Waals surface area contributed by atoms with Gasteiger partial charge in [0.15, 0.2) is 5.65 Å². The fourth-order valence-electron chi connectivity index (χ4n) is 3.90. The monoisotopic (exact) mass is 379 g/mol. The SMILES string of the molecule is CC1CCCCC1NC(=O)CCn1cnc2c(cnn2-c2ccccc2)c1=O. The van der Waals surface area contributed by atoms with Gasteiger partial charge >= 0.3 is 0 Å². The highest BCUT2D eigenvalue weighted by atomic mass is 16.2. The zero-order valence-electron chi connectivity index (χ0n) is 16.0. The van der Waals surface area contributed by atoms with Crippen LogP contribution in [0.2, 0.25) is 0 Å². The minimum atomic E-state index is -0.175. The number of nitrogens with one attached hydrogen (secondary N) is 1. The van der Waals surface area contributed by atoms with Gasteiger partial charge in [0.2, 0.25) is 5.91 Å². The number of para-hydroxylation sites is 1. The second-order valence-electron chi connectivity index (χ2n) is 7.56. The molecule has 0 aliphatic heterocycles. The zero-order chi connectivity index (χ0) is 19.5.